The van der Waals surface area contributed by atoms with Crippen molar-refractivity contribution in [2.45, 2.75) is 18.6 Å². The van der Waals surface area contributed by atoms with E-state index in [2.05, 4.69) is 5.32 Å². The molecule has 12 heteroatoms. The van der Waals surface area contributed by atoms with Crippen LogP contribution in [0.4, 0.5) is 18.9 Å². The molecular weight excluding hydrogens is 414 g/mol. The molecule has 1 aliphatic rings. The highest BCUT2D eigenvalue weighted by Gasteiger charge is 2.39. The van der Waals surface area contributed by atoms with Gasteiger partial charge < -0.3 is 14.8 Å². The standard InChI is InChI=1S/C15H20F3N3O4.2ClH/c1-24-13-7-10(11(21(22)23)8-14(13)25-2)12(9-15(16,17)18)20-5-3-19-4-6-20;;/h7-8,12,19H,3-6,9H2,1-2H3;2*1H/t12-;;/m1../s1. The normalized spacial score (nSPS) is 15.9. The average molecular weight is 436 g/mol. The zero-order chi connectivity index (χ0) is 18.6. The lowest BCUT2D eigenvalue weighted by atomic mass is 9.98. The Morgan fingerprint density at radius 1 is 1.19 bits per heavy atom. The van der Waals surface area contributed by atoms with Crippen molar-refractivity contribution in [3.63, 3.8) is 0 Å². The number of benzene rings is 1. The molecule has 1 aromatic rings. The Balaban J connectivity index is 0.00000338. The van der Waals surface area contributed by atoms with E-state index >= 15 is 0 Å². The second kappa shape index (κ2) is 10.7. The van der Waals surface area contributed by atoms with E-state index in [4.69, 9.17) is 9.47 Å². The van der Waals surface area contributed by atoms with Crippen molar-refractivity contribution in [3.05, 3.63) is 27.8 Å². The molecule has 27 heavy (non-hydrogen) atoms. The van der Waals surface area contributed by atoms with Crippen LogP contribution in [0.2, 0.25) is 0 Å². The SMILES string of the molecule is COc1cc([C@@H](CC(F)(F)F)N2CCNCC2)c([N+](=O)[O-])cc1OC.Cl.Cl. The highest BCUT2D eigenvalue weighted by molar-refractivity contribution is 5.85. The van der Waals surface area contributed by atoms with Gasteiger partial charge in [-0.15, -0.1) is 24.8 Å². The summed E-state index contributed by atoms with van der Waals surface area (Å²) in [7, 11) is 2.64. The molecule has 0 amide bonds. The molecule has 156 valence electrons. The van der Waals surface area contributed by atoms with Crippen molar-refractivity contribution in [2.24, 2.45) is 0 Å². The van der Waals surface area contributed by atoms with E-state index in [1.165, 1.54) is 20.3 Å². The Hall–Kier alpha value is -1.49. The molecule has 1 atom stereocenters. The van der Waals surface area contributed by atoms with Gasteiger partial charge in [0.05, 0.1) is 43.2 Å². The molecule has 1 aromatic carbocycles. The zero-order valence-electron chi connectivity index (χ0n) is 14.7. The fraction of sp³-hybridized carbons (Fsp3) is 0.600. The van der Waals surface area contributed by atoms with Gasteiger partial charge in [-0.05, 0) is 6.07 Å². The minimum Gasteiger partial charge on any atom is -0.493 e. The van der Waals surface area contributed by atoms with Gasteiger partial charge in [-0.1, -0.05) is 0 Å². The molecule has 0 bridgehead atoms. The minimum absolute atomic E-state index is 0. The number of hydrogen-bond acceptors (Lipinski definition) is 6. The molecule has 1 aliphatic heterocycles. The van der Waals surface area contributed by atoms with Crippen LogP contribution in [0.25, 0.3) is 0 Å². The van der Waals surface area contributed by atoms with Gasteiger partial charge in [0.15, 0.2) is 11.5 Å². The first-order chi connectivity index (χ1) is 11.8. The molecule has 0 spiro atoms. The van der Waals surface area contributed by atoms with Gasteiger partial charge in [0, 0.05) is 26.2 Å². The fourth-order valence-corrected chi connectivity index (χ4v) is 2.96. The average Bonchev–Trinajstić information content (AvgIpc) is 2.58. The summed E-state index contributed by atoms with van der Waals surface area (Å²) in [6.45, 7) is 1.78. The molecule has 1 saturated heterocycles. The number of rotatable bonds is 6. The number of nitrogens with zero attached hydrogens (tertiary/aromatic N) is 2. The maximum absolute atomic E-state index is 13.1. The van der Waals surface area contributed by atoms with Crippen molar-refractivity contribution in [1.29, 1.82) is 0 Å². The zero-order valence-corrected chi connectivity index (χ0v) is 16.4. The Morgan fingerprint density at radius 2 is 1.70 bits per heavy atom. The molecule has 0 radical (unpaired) electrons. The van der Waals surface area contributed by atoms with E-state index in [0.717, 1.165) is 6.07 Å². The number of nitro benzene ring substituents is 1. The van der Waals surface area contributed by atoms with E-state index in [-0.39, 0.29) is 41.9 Å². The van der Waals surface area contributed by atoms with Crippen molar-refractivity contribution in [3.8, 4) is 11.5 Å². The number of piperazine rings is 1. The summed E-state index contributed by atoms with van der Waals surface area (Å²) in [6, 6.07) is 1.22. The predicted molar refractivity (Wildman–Crippen MR) is 98.6 cm³/mol. The third-order valence-electron chi connectivity index (χ3n) is 4.11. The lowest BCUT2D eigenvalue weighted by Gasteiger charge is -2.35. The first-order valence-electron chi connectivity index (χ1n) is 7.68. The quantitative estimate of drug-likeness (QED) is 0.545. The van der Waals surface area contributed by atoms with Crippen LogP contribution in [0.5, 0.6) is 11.5 Å². The van der Waals surface area contributed by atoms with Crippen LogP contribution in [-0.4, -0.2) is 56.4 Å². The van der Waals surface area contributed by atoms with Gasteiger partial charge in [0.2, 0.25) is 0 Å². The molecule has 1 fully saturated rings. The second-order valence-corrected chi connectivity index (χ2v) is 5.64. The van der Waals surface area contributed by atoms with Crippen LogP contribution in [0, 0.1) is 10.1 Å². The summed E-state index contributed by atoms with van der Waals surface area (Å²) >= 11 is 0. The van der Waals surface area contributed by atoms with Crippen molar-refractivity contribution >= 4 is 30.5 Å². The van der Waals surface area contributed by atoms with Crippen molar-refractivity contribution in [2.75, 3.05) is 40.4 Å². The van der Waals surface area contributed by atoms with Crippen LogP contribution in [0.3, 0.4) is 0 Å². The van der Waals surface area contributed by atoms with E-state index in [9.17, 15) is 23.3 Å². The highest BCUT2D eigenvalue weighted by atomic mass is 35.5. The lowest BCUT2D eigenvalue weighted by Crippen LogP contribution is -2.46. The van der Waals surface area contributed by atoms with E-state index < -0.39 is 29.2 Å². The summed E-state index contributed by atoms with van der Waals surface area (Å²) in [5.41, 5.74) is -0.438. The lowest BCUT2D eigenvalue weighted by molar-refractivity contribution is -0.386. The molecule has 0 unspecified atom stereocenters. The number of halogens is 5. The number of ether oxygens (including phenoxy) is 2. The minimum atomic E-state index is -4.46. The van der Waals surface area contributed by atoms with E-state index in [1.807, 2.05) is 0 Å². The highest BCUT2D eigenvalue weighted by Crippen LogP contribution is 2.42. The van der Waals surface area contributed by atoms with E-state index in [1.54, 1.807) is 4.90 Å². The Labute approximate surface area is 167 Å². The molecule has 0 aromatic heterocycles. The van der Waals surface area contributed by atoms with Crippen LogP contribution in [0.1, 0.15) is 18.0 Å². The molecular formula is C15H22Cl2F3N3O4. The van der Waals surface area contributed by atoms with Crippen LogP contribution in [-0.2, 0) is 0 Å². The topological polar surface area (TPSA) is 76.9 Å². The Morgan fingerprint density at radius 3 is 2.15 bits per heavy atom. The third kappa shape index (κ3) is 6.56. The second-order valence-electron chi connectivity index (χ2n) is 5.64. The van der Waals surface area contributed by atoms with Gasteiger partial charge in [-0.2, -0.15) is 13.2 Å². The summed E-state index contributed by atoms with van der Waals surface area (Å²) in [5.74, 6) is 0.259. The maximum atomic E-state index is 13.1. The number of hydrogen-bond donors (Lipinski definition) is 1. The largest absolute Gasteiger partial charge is 0.493 e. The third-order valence-corrected chi connectivity index (χ3v) is 4.11. The van der Waals surface area contributed by atoms with Crippen molar-refractivity contribution < 1.29 is 27.6 Å². The molecule has 2 rings (SSSR count). The van der Waals surface area contributed by atoms with Crippen molar-refractivity contribution in [1.82, 2.24) is 10.2 Å². The summed E-state index contributed by atoms with van der Waals surface area (Å²) < 4.78 is 49.6. The Bertz CT molecular complexity index is 629. The molecule has 0 saturated carbocycles. The summed E-state index contributed by atoms with van der Waals surface area (Å²) in [5, 5.41) is 14.5. The molecule has 0 aliphatic carbocycles. The smallest absolute Gasteiger partial charge is 0.390 e. The van der Waals surface area contributed by atoms with Crippen LogP contribution in [0.15, 0.2) is 12.1 Å². The van der Waals surface area contributed by atoms with Gasteiger partial charge >= 0.3 is 6.18 Å². The first-order valence-corrected chi connectivity index (χ1v) is 7.68. The monoisotopic (exact) mass is 435 g/mol. The van der Waals surface area contributed by atoms with Crippen LogP contribution >= 0.6 is 24.8 Å². The van der Waals surface area contributed by atoms with Gasteiger partial charge in [-0.3, -0.25) is 15.0 Å². The predicted octanol–water partition coefficient (Wildman–Crippen LogP) is 3.35. The number of alkyl halides is 3. The first kappa shape index (κ1) is 25.5. The summed E-state index contributed by atoms with van der Waals surface area (Å²) in [4.78, 5) is 12.4. The molecule has 1 N–H and O–H groups in total. The Kier molecular flexibility index (Phi) is 10.2. The molecule has 7 nitrogen and oxygen atoms in total. The number of methoxy groups -OCH3 is 2. The van der Waals surface area contributed by atoms with E-state index in [0.29, 0.717) is 26.2 Å². The van der Waals surface area contributed by atoms with Gasteiger partial charge in [-0.25, -0.2) is 0 Å². The number of nitrogens with one attached hydrogen (secondary N) is 1. The number of nitro groups is 1. The van der Waals surface area contributed by atoms with Crippen LogP contribution < -0.4 is 14.8 Å². The summed E-state index contributed by atoms with van der Waals surface area (Å²) in [6.07, 6.45) is -5.64. The van der Waals surface area contributed by atoms with Gasteiger partial charge in [0.1, 0.15) is 0 Å². The fourth-order valence-electron chi connectivity index (χ4n) is 2.96. The maximum Gasteiger partial charge on any atom is 0.390 e. The van der Waals surface area contributed by atoms with Gasteiger partial charge in [0.25, 0.3) is 5.69 Å². The molecule has 1 heterocycles.